The summed E-state index contributed by atoms with van der Waals surface area (Å²) in [5.74, 6) is 0. The number of aryl methyl sites for hydroxylation is 2. The second kappa shape index (κ2) is 6.00. The van der Waals surface area contributed by atoms with E-state index in [1.54, 1.807) is 23.5 Å². The first kappa shape index (κ1) is 15.1. The fraction of sp³-hybridized carbons (Fsp3) is 0.375. The summed E-state index contributed by atoms with van der Waals surface area (Å²) in [6, 6.07) is 7.47. The maximum Gasteiger partial charge on any atom is 0.416 e. The van der Waals surface area contributed by atoms with Gasteiger partial charge in [0.05, 0.1) is 5.56 Å². The average molecular weight is 298 g/mol. The first-order valence-electron chi connectivity index (χ1n) is 6.68. The zero-order chi connectivity index (χ0) is 14.8. The molecule has 0 saturated carbocycles. The Morgan fingerprint density at radius 2 is 1.75 bits per heavy atom. The zero-order valence-electron chi connectivity index (χ0n) is 11.6. The molecule has 1 aromatic carbocycles. The average Bonchev–Trinajstić information content (AvgIpc) is 2.77. The lowest BCUT2D eigenvalue weighted by Crippen LogP contribution is -2.03. The molecule has 0 radical (unpaired) electrons. The van der Waals surface area contributed by atoms with E-state index in [1.165, 1.54) is 10.4 Å². The molecule has 0 aliphatic heterocycles. The van der Waals surface area contributed by atoms with Crippen molar-refractivity contribution in [3.05, 3.63) is 46.3 Å². The minimum Gasteiger partial charge on any atom is -0.166 e. The Morgan fingerprint density at radius 3 is 2.30 bits per heavy atom. The fourth-order valence-corrected chi connectivity index (χ4v) is 3.29. The first-order valence-corrected chi connectivity index (χ1v) is 7.50. The van der Waals surface area contributed by atoms with Gasteiger partial charge in [-0.3, -0.25) is 0 Å². The molecule has 0 aliphatic carbocycles. The third-order valence-corrected chi connectivity index (χ3v) is 4.62. The van der Waals surface area contributed by atoms with Gasteiger partial charge in [0.15, 0.2) is 0 Å². The highest BCUT2D eigenvalue weighted by Gasteiger charge is 2.30. The topological polar surface area (TPSA) is 0 Å². The molecule has 4 heteroatoms. The smallest absolute Gasteiger partial charge is 0.166 e. The van der Waals surface area contributed by atoms with E-state index in [4.69, 9.17) is 0 Å². The highest BCUT2D eigenvalue weighted by Crippen LogP contribution is 2.35. The quantitative estimate of drug-likeness (QED) is 0.641. The summed E-state index contributed by atoms with van der Waals surface area (Å²) in [7, 11) is 0. The molecule has 2 aromatic rings. The van der Waals surface area contributed by atoms with Crippen LogP contribution in [0.25, 0.3) is 10.4 Å². The van der Waals surface area contributed by atoms with E-state index >= 15 is 0 Å². The van der Waals surface area contributed by atoms with Gasteiger partial charge in [0, 0.05) is 9.75 Å². The van der Waals surface area contributed by atoms with Crippen LogP contribution in [0.1, 0.15) is 35.8 Å². The van der Waals surface area contributed by atoms with Crippen molar-refractivity contribution in [2.75, 3.05) is 0 Å². The van der Waals surface area contributed by atoms with Crippen molar-refractivity contribution in [1.29, 1.82) is 0 Å². The summed E-state index contributed by atoms with van der Waals surface area (Å²) in [4.78, 5) is 2.38. The van der Waals surface area contributed by atoms with Gasteiger partial charge in [-0.25, -0.2) is 0 Å². The summed E-state index contributed by atoms with van der Waals surface area (Å²) < 4.78 is 37.6. The summed E-state index contributed by atoms with van der Waals surface area (Å²) in [5, 5.41) is 0. The molecule has 108 valence electrons. The van der Waals surface area contributed by atoms with Crippen LogP contribution in [0.3, 0.4) is 0 Å². The van der Waals surface area contributed by atoms with E-state index < -0.39 is 11.7 Å². The Hall–Kier alpha value is -1.29. The normalized spacial score (nSPS) is 11.8. The van der Waals surface area contributed by atoms with Gasteiger partial charge < -0.3 is 0 Å². The molecule has 20 heavy (non-hydrogen) atoms. The molecule has 1 aromatic heterocycles. The van der Waals surface area contributed by atoms with E-state index in [9.17, 15) is 13.2 Å². The van der Waals surface area contributed by atoms with Gasteiger partial charge in [0.1, 0.15) is 0 Å². The van der Waals surface area contributed by atoms with Crippen LogP contribution in [-0.2, 0) is 12.6 Å². The van der Waals surface area contributed by atoms with Crippen LogP contribution < -0.4 is 0 Å². The third-order valence-electron chi connectivity index (χ3n) is 3.27. The van der Waals surface area contributed by atoms with Crippen molar-refractivity contribution in [3.63, 3.8) is 0 Å². The summed E-state index contributed by atoms with van der Waals surface area (Å²) >= 11 is 1.68. The molecule has 1 heterocycles. The zero-order valence-corrected chi connectivity index (χ0v) is 12.4. The lowest BCUT2D eigenvalue weighted by Gasteiger charge is -2.06. The second-order valence-electron chi connectivity index (χ2n) is 4.90. The van der Waals surface area contributed by atoms with Crippen LogP contribution in [0.5, 0.6) is 0 Å². The van der Waals surface area contributed by atoms with Crippen molar-refractivity contribution < 1.29 is 13.2 Å². The molecular formula is C16H17F3S. The van der Waals surface area contributed by atoms with Crippen LogP contribution in [0.15, 0.2) is 30.3 Å². The van der Waals surface area contributed by atoms with E-state index in [2.05, 4.69) is 19.9 Å². The minimum atomic E-state index is -4.27. The molecule has 0 bridgehead atoms. The molecule has 0 amide bonds. The van der Waals surface area contributed by atoms with Crippen molar-refractivity contribution in [1.82, 2.24) is 0 Å². The molecule has 2 rings (SSSR count). The maximum absolute atomic E-state index is 12.5. The van der Waals surface area contributed by atoms with Crippen molar-refractivity contribution >= 4 is 11.3 Å². The Kier molecular flexibility index (Phi) is 4.53. The van der Waals surface area contributed by atoms with Gasteiger partial charge >= 0.3 is 6.18 Å². The highest BCUT2D eigenvalue weighted by molar-refractivity contribution is 7.15. The number of thiophene rings is 1. The van der Waals surface area contributed by atoms with Crippen LogP contribution in [0.2, 0.25) is 0 Å². The summed E-state index contributed by atoms with van der Waals surface area (Å²) in [5.41, 5.74) is 1.49. The number of rotatable bonds is 4. The first-order chi connectivity index (χ1) is 9.41. The number of unbranched alkanes of at least 4 members (excludes halogenated alkanes) is 1. The molecule has 0 fully saturated rings. The van der Waals surface area contributed by atoms with E-state index in [0.717, 1.165) is 41.8 Å². The SMILES string of the molecule is CCCCc1sc(-c2ccc(C(F)(F)F)cc2)cc1C. The van der Waals surface area contributed by atoms with Gasteiger partial charge in [0.25, 0.3) is 0 Å². The molecule has 0 aliphatic rings. The molecule has 0 spiro atoms. The predicted molar refractivity (Wildman–Crippen MR) is 78.1 cm³/mol. The maximum atomic E-state index is 12.5. The minimum absolute atomic E-state index is 0.597. The molecule has 0 unspecified atom stereocenters. The standard InChI is InChI=1S/C16H17F3S/c1-3-4-5-14-11(2)10-15(20-14)12-6-8-13(9-7-12)16(17,18)19/h6-10H,3-5H2,1-2H3. The van der Waals surface area contributed by atoms with Crippen molar-refractivity contribution in [3.8, 4) is 10.4 Å². The number of hydrogen-bond acceptors (Lipinski definition) is 1. The van der Waals surface area contributed by atoms with Crippen LogP contribution in [0.4, 0.5) is 13.2 Å². The fourth-order valence-electron chi connectivity index (χ4n) is 2.07. The Balaban J connectivity index is 2.24. The number of benzene rings is 1. The molecule has 0 atom stereocenters. The molecular weight excluding hydrogens is 281 g/mol. The van der Waals surface area contributed by atoms with Crippen LogP contribution in [0, 0.1) is 6.92 Å². The number of alkyl halides is 3. The lowest BCUT2D eigenvalue weighted by molar-refractivity contribution is -0.137. The van der Waals surface area contributed by atoms with Gasteiger partial charge in [-0.2, -0.15) is 13.2 Å². The van der Waals surface area contributed by atoms with E-state index in [0.29, 0.717) is 0 Å². The monoisotopic (exact) mass is 298 g/mol. The largest absolute Gasteiger partial charge is 0.416 e. The van der Waals surface area contributed by atoms with E-state index in [1.807, 2.05) is 0 Å². The molecule has 0 nitrogen and oxygen atoms in total. The van der Waals surface area contributed by atoms with Crippen LogP contribution in [-0.4, -0.2) is 0 Å². The van der Waals surface area contributed by atoms with Crippen molar-refractivity contribution in [2.24, 2.45) is 0 Å². The van der Waals surface area contributed by atoms with Gasteiger partial charge in [-0.05, 0) is 49.1 Å². The summed E-state index contributed by atoms with van der Waals surface area (Å²) in [6.07, 6.45) is -0.926. The Bertz CT molecular complexity index is 564. The Morgan fingerprint density at radius 1 is 1.10 bits per heavy atom. The lowest BCUT2D eigenvalue weighted by atomic mass is 10.1. The van der Waals surface area contributed by atoms with Gasteiger partial charge in [-0.15, -0.1) is 11.3 Å². The van der Waals surface area contributed by atoms with Crippen molar-refractivity contribution in [2.45, 2.75) is 39.3 Å². The molecule has 0 N–H and O–H groups in total. The predicted octanol–water partition coefficient (Wildman–Crippen LogP) is 6.08. The number of hydrogen-bond donors (Lipinski definition) is 0. The van der Waals surface area contributed by atoms with Gasteiger partial charge in [0.2, 0.25) is 0 Å². The number of halogens is 3. The highest BCUT2D eigenvalue weighted by atomic mass is 32.1. The van der Waals surface area contributed by atoms with Gasteiger partial charge in [-0.1, -0.05) is 25.5 Å². The van der Waals surface area contributed by atoms with Crippen LogP contribution >= 0.6 is 11.3 Å². The summed E-state index contributed by atoms with van der Waals surface area (Å²) in [6.45, 7) is 4.22. The second-order valence-corrected chi connectivity index (χ2v) is 6.03. The Labute approximate surface area is 121 Å². The third kappa shape index (κ3) is 3.42. The molecule has 0 saturated heterocycles. The van der Waals surface area contributed by atoms with E-state index in [-0.39, 0.29) is 0 Å².